The molecule has 3 N–H and O–H groups in total. The number of halogens is 2. The molecule has 1 aromatic carbocycles. The maximum Gasteiger partial charge on any atom is 0.240 e. The Labute approximate surface area is 100.0 Å². The third-order valence-electron chi connectivity index (χ3n) is 2.23. The van der Waals surface area contributed by atoms with Crippen LogP contribution in [0.5, 0.6) is 11.5 Å². The first-order valence-electron chi connectivity index (χ1n) is 4.86. The first kappa shape index (κ1) is 12.2. The Morgan fingerprint density at radius 1 is 1.44 bits per heavy atom. The van der Waals surface area contributed by atoms with Gasteiger partial charge in [-0.25, -0.2) is 8.78 Å². The summed E-state index contributed by atoms with van der Waals surface area (Å²) in [5, 5.41) is 12.7. The molecule has 2 rings (SSSR count). The SMILES string of the molecule is COc1cc(O)c(F)c(-c2noc(CN)n2)c1F. The average molecular weight is 257 g/mol. The number of ether oxygens (including phenoxy) is 1. The lowest BCUT2D eigenvalue weighted by molar-refractivity contribution is 0.369. The van der Waals surface area contributed by atoms with Crippen molar-refractivity contribution < 1.29 is 23.1 Å². The highest BCUT2D eigenvalue weighted by atomic mass is 19.1. The first-order valence-corrected chi connectivity index (χ1v) is 4.86. The summed E-state index contributed by atoms with van der Waals surface area (Å²) in [5.41, 5.74) is 4.62. The summed E-state index contributed by atoms with van der Waals surface area (Å²) in [6.45, 7) is -0.0633. The summed E-state index contributed by atoms with van der Waals surface area (Å²) in [5.74, 6) is -3.66. The Kier molecular flexibility index (Phi) is 3.11. The van der Waals surface area contributed by atoms with Crippen LogP contribution in [0.1, 0.15) is 5.89 Å². The molecule has 0 aliphatic rings. The van der Waals surface area contributed by atoms with E-state index in [0.29, 0.717) is 0 Å². The fourth-order valence-electron chi connectivity index (χ4n) is 1.38. The summed E-state index contributed by atoms with van der Waals surface area (Å²) < 4.78 is 36.9. The van der Waals surface area contributed by atoms with Gasteiger partial charge in [-0.15, -0.1) is 0 Å². The Bertz CT molecular complexity index is 586. The van der Waals surface area contributed by atoms with Crippen molar-refractivity contribution in [2.75, 3.05) is 7.11 Å². The number of aromatic hydroxyl groups is 1. The van der Waals surface area contributed by atoms with Crippen LogP contribution in [0, 0.1) is 11.6 Å². The normalized spacial score (nSPS) is 10.7. The van der Waals surface area contributed by atoms with Gasteiger partial charge < -0.3 is 20.1 Å². The number of nitrogens with two attached hydrogens (primary N) is 1. The van der Waals surface area contributed by atoms with Gasteiger partial charge in [0.05, 0.1) is 13.7 Å². The highest BCUT2D eigenvalue weighted by Gasteiger charge is 2.24. The van der Waals surface area contributed by atoms with Crippen LogP contribution in [0.3, 0.4) is 0 Å². The molecule has 18 heavy (non-hydrogen) atoms. The van der Waals surface area contributed by atoms with Gasteiger partial charge >= 0.3 is 0 Å². The second kappa shape index (κ2) is 4.57. The van der Waals surface area contributed by atoms with E-state index in [4.69, 9.17) is 5.73 Å². The van der Waals surface area contributed by atoms with Crippen LogP contribution in [0.15, 0.2) is 10.6 Å². The number of phenolic OH excluding ortho intramolecular Hbond substituents is 1. The van der Waals surface area contributed by atoms with Crippen molar-refractivity contribution in [3.63, 3.8) is 0 Å². The van der Waals surface area contributed by atoms with Gasteiger partial charge in [-0.1, -0.05) is 5.16 Å². The number of rotatable bonds is 3. The molecule has 0 saturated carbocycles. The number of aromatic nitrogens is 2. The van der Waals surface area contributed by atoms with Gasteiger partial charge in [-0.2, -0.15) is 4.98 Å². The molecule has 0 bridgehead atoms. The largest absolute Gasteiger partial charge is 0.505 e. The standard InChI is InChI=1S/C10H9F2N3O3/c1-17-5-2-4(16)8(11)7(9(5)12)10-14-6(3-13)18-15-10/h2,16H,3,13H2,1H3. The summed E-state index contributed by atoms with van der Waals surface area (Å²) >= 11 is 0. The molecule has 2 aromatic rings. The van der Waals surface area contributed by atoms with Crippen molar-refractivity contribution in [2.24, 2.45) is 5.73 Å². The second-order valence-electron chi connectivity index (χ2n) is 3.32. The van der Waals surface area contributed by atoms with Gasteiger partial charge in [-0.3, -0.25) is 0 Å². The van der Waals surface area contributed by atoms with Crippen molar-refractivity contribution in [1.29, 1.82) is 0 Å². The minimum absolute atomic E-state index is 0.0195. The van der Waals surface area contributed by atoms with E-state index < -0.39 is 22.9 Å². The quantitative estimate of drug-likeness (QED) is 0.857. The maximum absolute atomic E-state index is 13.9. The lowest BCUT2D eigenvalue weighted by Gasteiger charge is -2.07. The number of phenols is 1. The topological polar surface area (TPSA) is 94.4 Å². The van der Waals surface area contributed by atoms with Crippen LogP contribution in [0.2, 0.25) is 0 Å². The minimum Gasteiger partial charge on any atom is -0.505 e. The fraction of sp³-hybridized carbons (Fsp3) is 0.200. The highest BCUT2D eigenvalue weighted by molar-refractivity contribution is 5.62. The molecule has 0 radical (unpaired) electrons. The molecule has 0 unspecified atom stereocenters. The summed E-state index contributed by atoms with van der Waals surface area (Å²) in [6, 6.07) is 0.818. The minimum atomic E-state index is -1.20. The molecule has 0 fully saturated rings. The number of methoxy groups -OCH3 is 1. The Balaban J connectivity index is 2.65. The van der Waals surface area contributed by atoms with E-state index >= 15 is 0 Å². The van der Waals surface area contributed by atoms with Crippen molar-refractivity contribution >= 4 is 0 Å². The molecule has 0 amide bonds. The smallest absolute Gasteiger partial charge is 0.240 e. The van der Waals surface area contributed by atoms with Crippen LogP contribution >= 0.6 is 0 Å². The number of hydrogen-bond donors (Lipinski definition) is 2. The van der Waals surface area contributed by atoms with E-state index in [0.717, 1.165) is 6.07 Å². The van der Waals surface area contributed by atoms with Crippen LogP contribution in [-0.4, -0.2) is 22.4 Å². The monoisotopic (exact) mass is 257 g/mol. The molecule has 0 aliphatic carbocycles. The van der Waals surface area contributed by atoms with Crippen LogP contribution in [0.25, 0.3) is 11.4 Å². The molecule has 96 valence electrons. The van der Waals surface area contributed by atoms with Gasteiger partial charge in [0.25, 0.3) is 0 Å². The number of nitrogens with zero attached hydrogens (tertiary/aromatic N) is 2. The van der Waals surface area contributed by atoms with E-state index in [1.54, 1.807) is 0 Å². The average Bonchev–Trinajstić information content (AvgIpc) is 2.82. The second-order valence-corrected chi connectivity index (χ2v) is 3.32. The third kappa shape index (κ3) is 1.86. The van der Waals surface area contributed by atoms with Gasteiger partial charge in [0.2, 0.25) is 11.7 Å². The third-order valence-corrected chi connectivity index (χ3v) is 2.23. The van der Waals surface area contributed by atoms with Crippen LogP contribution in [-0.2, 0) is 6.54 Å². The molecule has 0 aliphatic heterocycles. The lowest BCUT2D eigenvalue weighted by Crippen LogP contribution is -1.98. The Morgan fingerprint density at radius 3 is 2.72 bits per heavy atom. The molecule has 1 heterocycles. The number of benzene rings is 1. The van der Waals surface area contributed by atoms with E-state index in [-0.39, 0.29) is 24.0 Å². The van der Waals surface area contributed by atoms with Crippen LogP contribution in [0.4, 0.5) is 8.78 Å². The van der Waals surface area contributed by atoms with E-state index in [2.05, 4.69) is 19.4 Å². The fourth-order valence-corrected chi connectivity index (χ4v) is 1.38. The highest BCUT2D eigenvalue weighted by Crippen LogP contribution is 2.35. The Hall–Kier alpha value is -2.22. The molecule has 0 atom stereocenters. The Morgan fingerprint density at radius 2 is 2.17 bits per heavy atom. The van der Waals surface area contributed by atoms with E-state index in [1.807, 2.05) is 0 Å². The zero-order valence-corrected chi connectivity index (χ0v) is 9.28. The summed E-state index contributed by atoms with van der Waals surface area (Å²) in [6.07, 6.45) is 0. The molecular weight excluding hydrogens is 248 g/mol. The lowest BCUT2D eigenvalue weighted by atomic mass is 10.1. The molecule has 6 nitrogen and oxygen atoms in total. The predicted octanol–water partition coefficient (Wildman–Crippen LogP) is 1.19. The zero-order chi connectivity index (χ0) is 13.3. The maximum atomic E-state index is 13.9. The van der Waals surface area contributed by atoms with Crippen molar-refractivity contribution in [3.05, 3.63) is 23.6 Å². The van der Waals surface area contributed by atoms with Crippen molar-refractivity contribution in [1.82, 2.24) is 10.1 Å². The van der Waals surface area contributed by atoms with E-state index in [1.165, 1.54) is 7.11 Å². The van der Waals surface area contributed by atoms with E-state index in [9.17, 15) is 13.9 Å². The van der Waals surface area contributed by atoms with Gasteiger partial charge in [-0.05, 0) is 0 Å². The molecule has 1 aromatic heterocycles. The predicted molar refractivity (Wildman–Crippen MR) is 55.8 cm³/mol. The summed E-state index contributed by atoms with van der Waals surface area (Å²) in [7, 11) is 1.18. The zero-order valence-electron chi connectivity index (χ0n) is 9.28. The summed E-state index contributed by atoms with van der Waals surface area (Å²) in [4.78, 5) is 3.69. The number of hydrogen-bond acceptors (Lipinski definition) is 6. The van der Waals surface area contributed by atoms with Gasteiger partial charge in [0.15, 0.2) is 23.1 Å². The molecular formula is C10H9F2N3O3. The first-order chi connectivity index (χ1) is 8.58. The van der Waals surface area contributed by atoms with Gasteiger partial charge in [0.1, 0.15) is 5.56 Å². The van der Waals surface area contributed by atoms with Crippen molar-refractivity contribution in [3.8, 4) is 22.9 Å². The molecule has 0 spiro atoms. The van der Waals surface area contributed by atoms with Gasteiger partial charge in [0, 0.05) is 6.07 Å². The molecule has 8 heteroatoms. The molecule has 0 saturated heterocycles. The van der Waals surface area contributed by atoms with Crippen molar-refractivity contribution in [2.45, 2.75) is 6.54 Å². The van der Waals surface area contributed by atoms with Crippen LogP contribution < -0.4 is 10.5 Å².